The normalized spacial score (nSPS) is 20.6. The lowest BCUT2D eigenvalue weighted by Crippen LogP contribution is -2.32. The van der Waals surface area contributed by atoms with Crippen LogP contribution in [-0.2, 0) is 4.74 Å². The predicted molar refractivity (Wildman–Crippen MR) is 59.2 cm³/mol. The van der Waals surface area contributed by atoms with Crippen LogP contribution in [0.15, 0.2) is 6.20 Å². The summed E-state index contributed by atoms with van der Waals surface area (Å²) in [5.41, 5.74) is 1.01. The van der Waals surface area contributed by atoms with Crippen molar-refractivity contribution in [1.82, 2.24) is 9.97 Å². The Balaban J connectivity index is 2.23. The highest BCUT2D eigenvalue weighted by Crippen LogP contribution is 2.23. The van der Waals surface area contributed by atoms with Crippen LogP contribution < -0.4 is 4.90 Å². The first-order chi connectivity index (χ1) is 7.18. The fourth-order valence-corrected chi connectivity index (χ4v) is 1.90. The molecule has 0 radical (unpaired) electrons. The molecular formula is C10H14ClN3O. The van der Waals surface area contributed by atoms with E-state index < -0.39 is 0 Å². The molecule has 1 aliphatic rings. The van der Waals surface area contributed by atoms with Crippen molar-refractivity contribution in [1.29, 1.82) is 0 Å². The van der Waals surface area contributed by atoms with Crippen LogP contribution in [0.4, 0.5) is 5.82 Å². The van der Waals surface area contributed by atoms with E-state index in [-0.39, 0.29) is 11.5 Å². The Kier molecular flexibility index (Phi) is 3.07. The van der Waals surface area contributed by atoms with Crippen molar-refractivity contribution < 1.29 is 4.74 Å². The van der Waals surface area contributed by atoms with Crippen LogP contribution in [0.3, 0.4) is 0 Å². The van der Waals surface area contributed by atoms with Crippen LogP contribution in [0.25, 0.3) is 0 Å². The summed E-state index contributed by atoms with van der Waals surface area (Å²) in [6.07, 6.45) is 4.00. The Bertz CT molecular complexity index is 353. The van der Waals surface area contributed by atoms with Gasteiger partial charge in [0.25, 0.3) is 0 Å². The van der Waals surface area contributed by atoms with Crippen LogP contribution in [-0.4, -0.2) is 29.9 Å². The Labute approximate surface area is 94.2 Å². The minimum absolute atomic E-state index is 0.120. The maximum Gasteiger partial charge on any atom is 0.224 e. The monoisotopic (exact) mass is 227 g/mol. The molecule has 0 aliphatic carbocycles. The summed E-state index contributed by atoms with van der Waals surface area (Å²) in [5, 5.41) is 0.278. The van der Waals surface area contributed by atoms with Crippen molar-refractivity contribution in [2.24, 2.45) is 0 Å². The highest BCUT2D eigenvalue weighted by atomic mass is 35.5. The van der Waals surface area contributed by atoms with Gasteiger partial charge in [0, 0.05) is 25.4 Å². The molecule has 2 heterocycles. The minimum atomic E-state index is 0.120. The van der Waals surface area contributed by atoms with Gasteiger partial charge >= 0.3 is 0 Å². The van der Waals surface area contributed by atoms with Gasteiger partial charge in [-0.15, -0.1) is 0 Å². The first kappa shape index (κ1) is 10.6. The molecule has 5 heteroatoms. The van der Waals surface area contributed by atoms with Crippen molar-refractivity contribution in [2.75, 3.05) is 18.6 Å². The molecule has 15 heavy (non-hydrogen) atoms. The Morgan fingerprint density at radius 1 is 1.60 bits per heavy atom. The molecule has 0 unspecified atom stereocenters. The van der Waals surface area contributed by atoms with Crippen LogP contribution >= 0.6 is 11.6 Å². The third kappa shape index (κ3) is 2.21. The summed E-state index contributed by atoms with van der Waals surface area (Å²) in [7, 11) is 1.97. The number of halogens is 1. The lowest BCUT2D eigenvalue weighted by atomic mass is 10.3. The summed E-state index contributed by atoms with van der Waals surface area (Å²) < 4.78 is 5.59. The molecule has 1 aromatic rings. The molecule has 82 valence electrons. The molecule has 0 spiro atoms. The lowest BCUT2D eigenvalue weighted by Gasteiger charge is -2.25. The van der Waals surface area contributed by atoms with Gasteiger partial charge in [-0.3, -0.25) is 0 Å². The molecule has 0 aromatic carbocycles. The highest BCUT2D eigenvalue weighted by Gasteiger charge is 2.22. The average Bonchev–Trinajstić information content (AvgIpc) is 2.74. The summed E-state index contributed by atoms with van der Waals surface area (Å²) in [5.74, 6) is 0.849. The fourth-order valence-electron chi connectivity index (χ4n) is 1.77. The third-order valence-electron chi connectivity index (χ3n) is 2.59. The topological polar surface area (TPSA) is 38.2 Å². The van der Waals surface area contributed by atoms with E-state index in [1.165, 1.54) is 0 Å². The number of aromatic nitrogens is 2. The quantitative estimate of drug-likeness (QED) is 0.725. The van der Waals surface area contributed by atoms with E-state index in [4.69, 9.17) is 16.3 Å². The molecule has 0 N–H and O–H groups in total. The second-order valence-corrected chi connectivity index (χ2v) is 4.06. The van der Waals surface area contributed by atoms with Gasteiger partial charge in [-0.1, -0.05) is 0 Å². The molecule has 2 rings (SSSR count). The van der Waals surface area contributed by atoms with E-state index in [0.29, 0.717) is 0 Å². The molecule has 1 aliphatic heterocycles. The Morgan fingerprint density at radius 2 is 2.40 bits per heavy atom. The summed E-state index contributed by atoms with van der Waals surface area (Å²) in [6.45, 7) is 2.80. The van der Waals surface area contributed by atoms with Crippen molar-refractivity contribution >= 4 is 17.4 Å². The largest absolute Gasteiger partial charge is 0.358 e. The fraction of sp³-hybridized carbons (Fsp3) is 0.600. The number of hydrogen-bond acceptors (Lipinski definition) is 4. The van der Waals surface area contributed by atoms with Crippen LogP contribution in [0.5, 0.6) is 0 Å². The highest BCUT2D eigenvalue weighted by molar-refractivity contribution is 6.28. The third-order valence-corrected chi connectivity index (χ3v) is 2.77. The molecule has 0 saturated carbocycles. The van der Waals surface area contributed by atoms with Gasteiger partial charge in [0.05, 0.1) is 0 Å². The van der Waals surface area contributed by atoms with Gasteiger partial charge in [0.2, 0.25) is 5.28 Å². The maximum absolute atomic E-state index is 5.78. The summed E-state index contributed by atoms with van der Waals surface area (Å²) in [4.78, 5) is 10.2. The molecular weight excluding hydrogens is 214 g/mol. The van der Waals surface area contributed by atoms with Gasteiger partial charge in [0.1, 0.15) is 12.0 Å². The van der Waals surface area contributed by atoms with E-state index in [9.17, 15) is 0 Å². The maximum atomic E-state index is 5.78. The van der Waals surface area contributed by atoms with Gasteiger partial charge < -0.3 is 9.64 Å². The zero-order chi connectivity index (χ0) is 10.8. The number of anilines is 1. The second kappa shape index (κ2) is 4.33. The van der Waals surface area contributed by atoms with Gasteiger partial charge in [0.15, 0.2) is 0 Å². The molecule has 1 atom stereocenters. The van der Waals surface area contributed by atoms with Crippen molar-refractivity contribution in [3.05, 3.63) is 17.0 Å². The molecule has 1 fully saturated rings. The lowest BCUT2D eigenvalue weighted by molar-refractivity contribution is 0.111. The predicted octanol–water partition coefficient (Wildman–Crippen LogP) is 2.01. The SMILES string of the molecule is Cc1cnc(Cl)nc1N(C)[C@@H]1CCCO1. The van der Waals surface area contributed by atoms with Crippen molar-refractivity contribution in [3.63, 3.8) is 0 Å². The van der Waals surface area contributed by atoms with E-state index in [1.54, 1.807) is 6.20 Å². The standard InChI is InChI=1S/C10H14ClN3O/c1-7-6-12-10(11)13-9(7)14(2)8-4-3-5-15-8/h6,8H,3-5H2,1-2H3/t8-/m0/s1. The first-order valence-electron chi connectivity index (χ1n) is 5.02. The van der Waals surface area contributed by atoms with E-state index in [0.717, 1.165) is 30.8 Å². The van der Waals surface area contributed by atoms with Crippen molar-refractivity contribution in [2.45, 2.75) is 26.0 Å². The van der Waals surface area contributed by atoms with E-state index in [2.05, 4.69) is 9.97 Å². The Morgan fingerprint density at radius 3 is 3.07 bits per heavy atom. The second-order valence-electron chi connectivity index (χ2n) is 3.72. The smallest absolute Gasteiger partial charge is 0.224 e. The number of ether oxygens (including phenoxy) is 1. The summed E-state index contributed by atoms with van der Waals surface area (Å²) in [6, 6.07) is 0. The number of rotatable bonds is 2. The van der Waals surface area contributed by atoms with Crippen LogP contribution in [0.1, 0.15) is 18.4 Å². The van der Waals surface area contributed by atoms with Gasteiger partial charge in [-0.25, -0.2) is 9.97 Å². The van der Waals surface area contributed by atoms with Crippen LogP contribution in [0, 0.1) is 6.92 Å². The van der Waals surface area contributed by atoms with E-state index in [1.807, 2.05) is 18.9 Å². The summed E-state index contributed by atoms with van der Waals surface area (Å²) >= 11 is 5.78. The molecule has 4 nitrogen and oxygen atoms in total. The van der Waals surface area contributed by atoms with Crippen LogP contribution in [0.2, 0.25) is 5.28 Å². The number of nitrogens with zero attached hydrogens (tertiary/aromatic N) is 3. The van der Waals surface area contributed by atoms with Gasteiger partial charge in [-0.2, -0.15) is 0 Å². The van der Waals surface area contributed by atoms with Gasteiger partial charge in [-0.05, 0) is 31.4 Å². The number of hydrogen-bond donors (Lipinski definition) is 0. The van der Waals surface area contributed by atoms with Crippen molar-refractivity contribution in [3.8, 4) is 0 Å². The zero-order valence-corrected chi connectivity index (χ0v) is 9.66. The van der Waals surface area contributed by atoms with E-state index >= 15 is 0 Å². The molecule has 1 aromatic heterocycles. The number of aryl methyl sites for hydroxylation is 1. The minimum Gasteiger partial charge on any atom is -0.358 e. The molecule has 0 amide bonds. The Hall–Kier alpha value is -0.870. The first-order valence-corrected chi connectivity index (χ1v) is 5.40. The zero-order valence-electron chi connectivity index (χ0n) is 8.90. The average molecular weight is 228 g/mol. The molecule has 0 bridgehead atoms. The molecule has 1 saturated heterocycles.